The fourth-order valence-corrected chi connectivity index (χ4v) is 4.06. The Labute approximate surface area is 156 Å². The monoisotopic (exact) mass is 357 g/mol. The van der Waals surface area contributed by atoms with Gasteiger partial charge in [0, 0.05) is 32.1 Å². The van der Waals surface area contributed by atoms with Crippen molar-refractivity contribution in [2.24, 2.45) is 10.9 Å². The predicted octanol–water partition coefficient (Wildman–Crippen LogP) is 2.88. The maximum absolute atomic E-state index is 12.1. The van der Waals surface area contributed by atoms with Crippen LogP contribution in [0.5, 0.6) is 0 Å². The Morgan fingerprint density at radius 2 is 2.15 bits per heavy atom. The molecular formula is C21H31N3O2. The molecule has 142 valence electrons. The van der Waals surface area contributed by atoms with Crippen LogP contribution in [0.15, 0.2) is 29.3 Å². The lowest BCUT2D eigenvalue weighted by Gasteiger charge is -2.34. The molecule has 0 amide bonds. The molecule has 5 nitrogen and oxygen atoms in total. The first-order valence-corrected chi connectivity index (χ1v) is 9.78. The third-order valence-corrected chi connectivity index (χ3v) is 5.71. The highest BCUT2D eigenvalue weighted by Gasteiger charge is 2.45. The largest absolute Gasteiger partial charge is 0.466 e. The van der Waals surface area contributed by atoms with Gasteiger partial charge in [-0.15, -0.1) is 0 Å². The number of carbonyl (C=O) groups excluding carboxylic acids is 1. The van der Waals surface area contributed by atoms with Crippen LogP contribution in [0.2, 0.25) is 0 Å². The van der Waals surface area contributed by atoms with E-state index in [0.29, 0.717) is 13.2 Å². The van der Waals surface area contributed by atoms with E-state index in [1.165, 1.54) is 24.0 Å². The zero-order chi connectivity index (χ0) is 18.6. The fourth-order valence-electron chi connectivity index (χ4n) is 4.06. The lowest BCUT2D eigenvalue weighted by molar-refractivity contribution is -0.149. The van der Waals surface area contributed by atoms with E-state index in [1.807, 2.05) is 14.0 Å². The van der Waals surface area contributed by atoms with Gasteiger partial charge in [-0.25, -0.2) is 0 Å². The van der Waals surface area contributed by atoms with Crippen molar-refractivity contribution in [1.82, 2.24) is 10.2 Å². The standard InChI is InChI=1S/C21H31N3O2/c1-4-26-19(25)17-9-7-13-24(14-17)20(22-3)23-15-21(11-12-21)18-10-6-5-8-16(18)2/h5-6,8,10,17H,4,7,9,11-15H2,1-3H3,(H,22,23). The molecule has 2 aliphatic rings. The molecular weight excluding hydrogens is 326 g/mol. The number of aryl methyl sites for hydroxylation is 1. The highest BCUT2D eigenvalue weighted by atomic mass is 16.5. The molecule has 3 rings (SSSR count). The molecule has 2 fully saturated rings. The molecule has 5 heteroatoms. The number of carbonyl (C=O) groups is 1. The van der Waals surface area contributed by atoms with E-state index in [4.69, 9.17) is 4.74 Å². The lowest BCUT2D eigenvalue weighted by Crippen LogP contribution is -2.49. The highest BCUT2D eigenvalue weighted by Crippen LogP contribution is 2.48. The smallest absolute Gasteiger partial charge is 0.310 e. The van der Waals surface area contributed by atoms with Gasteiger partial charge in [0.05, 0.1) is 12.5 Å². The summed E-state index contributed by atoms with van der Waals surface area (Å²) in [5, 5.41) is 3.58. The first-order chi connectivity index (χ1) is 12.6. The molecule has 26 heavy (non-hydrogen) atoms. The van der Waals surface area contributed by atoms with Crippen molar-refractivity contribution >= 4 is 11.9 Å². The molecule has 1 unspecified atom stereocenters. The molecule has 1 saturated carbocycles. The number of rotatable bonds is 5. The molecule has 1 heterocycles. The zero-order valence-corrected chi connectivity index (χ0v) is 16.3. The molecule has 1 aromatic carbocycles. The van der Waals surface area contributed by atoms with Crippen molar-refractivity contribution in [2.45, 2.75) is 44.9 Å². The van der Waals surface area contributed by atoms with Gasteiger partial charge in [-0.3, -0.25) is 9.79 Å². The van der Waals surface area contributed by atoms with Crippen molar-refractivity contribution in [1.29, 1.82) is 0 Å². The topological polar surface area (TPSA) is 53.9 Å². The number of piperidine rings is 1. The number of benzene rings is 1. The first-order valence-electron chi connectivity index (χ1n) is 9.78. The SMILES string of the molecule is CCOC(=O)C1CCCN(C(=NC)NCC2(c3ccccc3C)CC2)C1. The Morgan fingerprint density at radius 3 is 2.81 bits per heavy atom. The average molecular weight is 357 g/mol. The van der Waals surface area contributed by atoms with Gasteiger partial charge in [0.25, 0.3) is 0 Å². The van der Waals surface area contributed by atoms with Crippen LogP contribution in [0.25, 0.3) is 0 Å². The molecule has 1 aliphatic heterocycles. The third-order valence-electron chi connectivity index (χ3n) is 5.71. The first kappa shape index (κ1) is 18.7. The second kappa shape index (κ2) is 8.11. The summed E-state index contributed by atoms with van der Waals surface area (Å²) in [6, 6.07) is 8.68. The van der Waals surface area contributed by atoms with Gasteiger partial charge in [0.1, 0.15) is 0 Å². The van der Waals surface area contributed by atoms with E-state index in [2.05, 4.69) is 46.4 Å². The van der Waals surface area contributed by atoms with Gasteiger partial charge in [0.15, 0.2) is 5.96 Å². The Kier molecular flexibility index (Phi) is 5.84. The molecule has 0 spiro atoms. The van der Waals surface area contributed by atoms with Gasteiger partial charge < -0.3 is 15.0 Å². The summed E-state index contributed by atoms with van der Waals surface area (Å²) < 4.78 is 5.21. The Morgan fingerprint density at radius 1 is 1.38 bits per heavy atom. The fraction of sp³-hybridized carbons (Fsp3) is 0.619. The summed E-state index contributed by atoms with van der Waals surface area (Å²) >= 11 is 0. The summed E-state index contributed by atoms with van der Waals surface area (Å²) in [5.41, 5.74) is 3.05. The number of esters is 1. The van der Waals surface area contributed by atoms with Crippen LogP contribution in [0.3, 0.4) is 0 Å². The molecule has 0 radical (unpaired) electrons. The Balaban J connectivity index is 1.62. The van der Waals surface area contributed by atoms with E-state index < -0.39 is 0 Å². The van der Waals surface area contributed by atoms with E-state index in [0.717, 1.165) is 31.9 Å². The number of nitrogens with one attached hydrogen (secondary N) is 1. The summed E-state index contributed by atoms with van der Waals surface area (Å²) in [6.07, 6.45) is 4.33. The summed E-state index contributed by atoms with van der Waals surface area (Å²) in [4.78, 5) is 18.8. The summed E-state index contributed by atoms with van der Waals surface area (Å²) in [5.74, 6) is 0.776. The molecule has 1 saturated heterocycles. The lowest BCUT2D eigenvalue weighted by atomic mass is 9.92. The maximum atomic E-state index is 12.1. The number of likely N-dealkylation sites (tertiary alicyclic amines) is 1. The van der Waals surface area contributed by atoms with E-state index in [9.17, 15) is 4.79 Å². The summed E-state index contributed by atoms with van der Waals surface area (Å²) in [6.45, 7) is 7.02. The molecule has 1 atom stereocenters. The van der Waals surface area contributed by atoms with E-state index in [1.54, 1.807) is 0 Å². The predicted molar refractivity (Wildman–Crippen MR) is 104 cm³/mol. The minimum absolute atomic E-state index is 0.0477. The normalized spacial score (nSPS) is 22.0. The molecule has 1 aliphatic carbocycles. The number of aliphatic imine (C=N–C) groups is 1. The molecule has 0 aromatic heterocycles. The van der Waals surface area contributed by atoms with Crippen LogP contribution < -0.4 is 5.32 Å². The quantitative estimate of drug-likeness (QED) is 0.500. The Bertz CT molecular complexity index is 667. The van der Waals surface area contributed by atoms with Crippen LogP contribution >= 0.6 is 0 Å². The van der Waals surface area contributed by atoms with Gasteiger partial charge in [0.2, 0.25) is 0 Å². The van der Waals surface area contributed by atoms with Gasteiger partial charge in [-0.2, -0.15) is 0 Å². The van der Waals surface area contributed by atoms with Crippen LogP contribution in [0, 0.1) is 12.8 Å². The number of guanidine groups is 1. The minimum Gasteiger partial charge on any atom is -0.466 e. The van der Waals surface area contributed by atoms with Gasteiger partial charge in [-0.1, -0.05) is 24.3 Å². The van der Waals surface area contributed by atoms with Crippen molar-refractivity contribution in [3.63, 3.8) is 0 Å². The molecule has 0 bridgehead atoms. The number of hydrogen-bond acceptors (Lipinski definition) is 3. The van der Waals surface area contributed by atoms with Crippen molar-refractivity contribution in [2.75, 3.05) is 33.3 Å². The Hall–Kier alpha value is -2.04. The third kappa shape index (κ3) is 4.02. The van der Waals surface area contributed by atoms with E-state index in [-0.39, 0.29) is 17.3 Å². The summed E-state index contributed by atoms with van der Waals surface area (Å²) in [7, 11) is 1.82. The maximum Gasteiger partial charge on any atom is 0.310 e. The van der Waals surface area contributed by atoms with E-state index >= 15 is 0 Å². The second-order valence-corrected chi connectivity index (χ2v) is 7.53. The number of nitrogens with zero attached hydrogens (tertiary/aromatic N) is 2. The van der Waals surface area contributed by atoms with Crippen molar-refractivity contribution in [3.8, 4) is 0 Å². The van der Waals surface area contributed by atoms with Crippen LogP contribution in [0.4, 0.5) is 0 Å². The van der Waals surface area contributed by atoms with Crippen molar-refractivity contribution < 1.29 is 9.53 Å². The zero-order valence-electron chi connectivity index (χ0n) is 16.3. The molecule has 1 N–H and O–H groups in total. The van der Waals surface area contributed by atoms with Crippen LogP contribution in [-0.2, 0) is 14.9 Å². The minimum atomic E-state index is -0.0776. The van der Waals surface area contributed by atoms with Crippen LogP contribution in [-0.4, -0.2) is 50.1 Å². The average Bonchev–Trinajstić information content (AvgIpc) is 3.44. The molecule has 1 aromatic rings. The van der Waals surface area contributed by atoms with Crippen molar-refractivity contribution in [3.05, 3.63) is 35.4 Å². The number of ether oxygens (including phenoxy) is 1. The van der Waals surface area contributed by atoms with Gasteiger partial charge in [-0.05, 0) is 50.7 Å². The van der Waals surface area contributed by atoms with Crippen LogP contribution in [0.1, 0.15) is 43.7 Å². The highest BCUT2D eigenvalue weighted by molar-refractivity contribution is 5.81. The van der Waals surface area contributed by atoms with Gasteiger partial charge >= 0.3 is 5.97 Å². The second-order valence-electron chi connectivity index (χ2n) is 7.53. The number of hydrogen-bond donors (Lipinski definition) is 1.